The average Bonchev–Trinajstić information content (AvgIpc) is 2.91. The molecule has 2 aliphatic rings. The maximum atomic E-state index is 4.49. The summed E-state index contributed by atoms with van der Waals surface area (Å²) in [6.45, 7) is 5.26. The lowest BCUT2D eigenvalue weighted by Crippen LogP contribution is -2.41. The molecule has 4 rings (SSSR count). The van der Waals surface area contributed by atoms with Crippen molar-refractivity contribution in [3.63, 3.8) is 0 Å². The predicted molar refractivity (Wildman–Crippen MR) is 87.7 cm³/mol. The van der Waals surface area contributed by atoms with E-state index in [1.807, 2.05) is 19.3 Å². The van der Waals surface area contributed by atoms with E-state index in [1.54, 1.807) is 11.1 Å². The number of fused-ring (bicyclic) bond motifs is 2. The van der Waals surface area contributed by atoms with Gasteiger partial charge >= 0.3 is 0 Å². The largest absolute Gasteiger partial charge is 0.297 e. The number of hydrogen-bond acceptors (Lipinski definition) is 3. The molecule has 0 unspecified atom stereocenters. The molecule has 3 heteroatoms. The van der Waals surface area contributed by atoms with E-state index in [-0.39, 0.29) is 0 Å². The summed E-state index contributed by atoms with van der Waals surface area (Å²) in [4.78, 5) is 11.4. The van der Waals surface area contributed by atoms with Crippen LogP contribution in [-0.4, -0.2) is 28.0 Å². The number of rotatable bonds is 2. The lowest BCUT2D eigenvalue weighted by atomic mass is 9.74. The van der Waals surface area contributed by atoms with Crippen LogP contribution in [0.3, 0.4) is 0 Å². The molecule has 0 atom stereocenters. The molecular formula is C19H23N3. The maximum absolute atomic E-state index is 4.49. The minimum absolute atomic E-state index is 0.450. The lowest BCUT2D eigenvalue weighted by molar-refractivity contribution is 0.151. The van der Waals surface area contributed by atoms with Gasteiger partial charge in [-0.2, -0.15) is 0 Å². The molecule has 1 aliphatic carbocycles. The van der Waals surface area contributed by atoms with Crippen molar-refractivity contribution in [2.45, 2.75) is 44.6 Å². The molecular weight excluding hydrogens is 270 g/mol. The van der Waals surface area contributed by atoms with Crippen LogP contribution >= 0.6 is 0 Å². The van der Waals surface area contributed by atoms with E-state index >= 15 is 0 Å². The molecule has 2 heterocycles. The van der Waals surface area contributed by atoms with Crippen molar-refractivity contribution in [3.05, 3.63) is 59.2 Å². The molecule has 1 aliphatic heterocycles. The summed E-state index contributed by atoms with van der Waals surface area (Å²) >= 11 is 0. The van der Waals surface area contributed by atoms with E-state index < -0.39 is 0 Å². The smallest absolute Gasteiger partial charge is 0.0727 e. The highest BCUT2D eigenvalue weighted by Gasteiger charge is 2.40. The number of likely N-dealkylation sites (tertiary alicyclic amines) is 1. The Bertz CT molecular complexity index is 655. The summed E-state index contributed by atoms with van der Waals surface area (Å²) in [7, 11) is 0. The molecule has 0 N–H and O–H groups in total. The first-order valence-electron chi connectivity index (χ1n) is 8.33. The molecule has 2 aromatic rings. The van der Waals surface area contributed by atoms with Gasteiger partial charge in [-0.05, 0) is 62.2 Å². The summed E-state index contributed by atoms with van der Waals surface area (Å²) in [5.41, 5.74) is 5.74. The second-order valence-electron chi connectivity index (χ2n) is 6.86. The Kier molecular flexibility index (Phi) is 3.45. The molecule has 22 heavy (non-hydrogen) atoms. The quantitative estimate of drug-likeness (QED) is 0.851. The Labute approximate surface area is 132 Å². The Morgan fingerprint density at radius 3 is 2.64 bits per heavy atom. The summed E-state index contributed by atoms with van der Waals surface area (Å²) in [6.07, 6.45) is 8.95. The molecule has 0 saturated carbocycles. The zero-order valence-corrected chi connectivity index (χ0v) is 13.3. The van der Waals surface area contributed by atoms with Gasteiger partial charge in [-0.25, -0.2) is 0 Å². The van der Waals surface area contributed by atoms with E-state index in [2.05, 4.69) is 39.1 Å². The first-order chi connectivity index (χ1) is 10.8. The lowest BCUT2D eigenvalue weighted by Gasteiger charge is -2.40. The Balaban J connectivity index is 1.44. The fourth-order valence-electron chi connectivity index (χ4n) is 4.15. The number of benzene rings is 1. The zero-order valence-electron chi connectivity index (χ0n) is 13.3. The number of aryl methyl sites for hydroxylation is 2. The van der Waals surface area contributed by atoms with Crippen molar-refractivity contribution in [1.29, 1.82) is 0 Å². The van der Waals surface area contributed by atoms with Crippen LogP contribution in [0, 0.1) is 6.92 Å². The standard InChI is InChI=1S/C19H23N3/c1-15-12-21-17(13-20-15)14-22-10-8-19(9-11-22)7-6-16-4-2-3-5-18(16)19/h2-5,12-13H,6-11,14H2,1H3. The Hall–Kier alpha value is -1.74. The molecule has 3 nitrogen and oxygen atoms in total. The van der Waals surface area contributed by atoms with Crippen molar-refractivity contribution in [3.8, 4) is 0 Å². The minimum atomic E-state index is 0.450. The predicted octanol–water partition coefficient (Wildman–Crippen LogP) is 3.27. The topological polar surface area (TPSA) is 29.0 Å². The third-order valence-corrected chi connectivity index (χ3v) is 5.49. The zero-order chi connectivity index (χ0) is 15.0. The number of nitrogens with zero attached hydrogens (tertiary/aromatic N) is 3. The van der Waals surface area contributed by atoms with Crippen LogP contribution in [-0.2, 0) is 18.4 Å². The van der Waals surface area contributed by atoms with Gasteiger partial charge in [0.15, 0.2) is 0 Å². The molecule has 0 amide bonds. The van der Waals surface area contributed by atoms with Crippen LogP contribution < -0.4 is 0 Å². The van der Waals surface area contributed by atoms with Crippen LogP contribution in [0.1, 0.15) is 41.8 Å². The third-order valence-electron chi connectivity index (χ3n) is 5.49. The molecule has 1 spiro atoms. The van der Waals surface area contributed by atoms with Gasteiger partial charge < -0.3 is 0 Å². The summed E-state index contributed by atoms with van der Waals surface area (Å²) in [6, 6.07) is 9.07. The van der Waals surface area contributed by atoms with Gasteiger partial charge in [0.2, 0.25) is 0 Å². The number of aromatic nitrogens is 2. The third kappa shape index (κ3) is 2.44. The summed E-state index contributed by atoms with van der Waals surface area (Å²) in [5, 5.41) is 0. The maximum Gasteiger partial charge on any atom is 0.0727 e. The van der Waals surface area contributed by atoms with Crippen LogP contribution in [0.4, 0.5) is 0 Å². The first-order valence-corrected chi connectivity index (χ1v) is 8.33. The minimum Gasteiger partial charge on any atom is -0.297 e. The van der Waals surface area contributed by atoms with Crippen molar-refractivity contribution < 1.29 is 0 Å². The van der Waals surface area contributed by atoms with Crippen molar-refractivity contribution in [2.75, 3.05) is 13.1 Å². The van der Waals surface area contributed by atoms with Gasteiger partial charge in [0.05, 0.1) is 11.4 Å². The number of hydrogen-bond donors (Lipinski definition) is 0. The van der Waals surface area contributed by atoms with Crippen LogP contribution in [0.15, 0.2) is 36.7 Å². The molecule has 0 bridgehead atoms. The first kappa shape index (κ1) is 13.9. The fourth-order valence-corrected chi connectivity index (χ4v) is 4.15. The Morgan fingerprint density at radius 1 is 1.05 bits per heavy atom. The van der Waals surface area contributed by atoms with Crippen LogP contribution in [0.25, 0.3) is 0 Å². The molecule has 1 fully saturated rings. The van der Waals surface area contributed by atoms with Gasteiger partial charge in [-0.1, -0.05) is 24.3 Å². The van der Waals surface area contributed by atoms with Gasteiger partial charge in [-0.3, -0.25) is 14.9 Å². The van der Waals surface area contributed by atoms with Crippen molar-refractivity contribution in [1.82, 2.24) is 14.9 Å². The molecule has 1 aromatic carbocycles. The van der Waals surface area contributed by atoms with E-state index in [0.29, 0.717) is 5.41 Å². The van der Waals surface area contributed by atoms with Gasteiger partial charge in [0.25, 0.3) is 0 Å². The summed E-state index contributed by atoms with van der Waals surface area (Å²) < 4.78 is 0. The molecule has 1 saturated heterocycles. The van der Waals surface area contributed by atoms with Crippen molar-refractivity contribution in [2.24, 2.45) is 0 Å². The Morgan fingerprint density at radius 2 is 1.86 bits per heavy atom. The highest BCUT2D eigenvalue weighted by Crippen LogP contribution is 2.46. The highest BCUT2D eigenvalue weighted by atomic mass is 15.1. The average molecular weight is 293 g/mol. The second kappa shape index (κ2) is 5.47. The van der Waals surface area contributed by atoms with Gasteiger partial charge in [-0.15, -0.1) is 0 Å². The van der Waals surface area contributed by atoms with Gasteiger partial charge in [0.1, 0.15) is 0 Å². The molecule has 1 aromatic heterocycles. The molecule has 0 radical (unpaired) electrons. The van der Waals surface area contributed by atoms with E-state index in [1.165, 1.54) is 38.8 Å². The van der Waals surface area contributed by atoms with E-state index in [4.69, 9.17) is 0 Å². The number of piperidine rings is 1. The SMILES string of the molecule is Cc1cnc(CN2CCC3(CCc4ccccc43)CC2)cn1. The monoisotopic (exact) mass is 293 g/mol. The fraction of sp³-hybridized carbons (Fsp3) is 0.474. The second-order valence-corrected chi connectivity index (χ2v) is 6.86. The highest BCUT2D eigenvalue weighted by molar-refractivity contribution is 5.39. The van der Waals surface area contributed by atoms with Gasteiger partial charge in [0, 0.05) is 18.9 Å². The van der Waals surface area contributed by atoms with Crippen molar-refractivity contribution >= 4 is 0 Å². The summed E-state index contributed by atoms with van der Waals surface area (Å²) in [5.74, 6) is 0. The van der Waals surface area contributed by atoms with E-state index in [0.717, 1.165) is 17.9 Å². The van der Waals surface area contributed by atoms with E-state index in [9.17, 15) is 0 Å². The van der Waals surface area contributed by atoms with Crippen LogP contribution in [0.2, 0.25) is 0 Å². The molecule has 114 valence electrons. The van der Waals surface area contributed by atoms with Crippen LogP contribution in [0.5, 0.6) is 0 Å². The normalized spacial score (nSPS) is 20.2.